The highest BCUT2D eigenvalue weighted by Crippen LogP contribution is 2.52. The molecular weight excluding hydrogens is 721 g/mol. The summed E-state index contributed by atoms with van der Waals surface area (Å²) in [7, 11) is 0. The van der Waals surface area contributed by atoms with Crippen molar-refractivity contribution in [3.05, 3.63) is 187 Å². The van der Waals surface area contributed by atoms with E-state index in [4.69, 9.17) is 14.7 Å². The van der Waals surface area contributed by atoms with Gasteiger partial charge in [-0.3, -0.25) is 4.57 Å². The predicted molar refractivity (Wildman–Crippen MR) is 245 cm³/mol. The highest BCUT2D eigenvalue weighted by atomic mass is 16.5. The van der Waals surface area contributed by atoms with Gasteiger partial charge in [0.15, 0.2) is 0 Å². The van der Waals surface area contributed by atoms with Gasteiger partial charge in [-0.1, -0.05) is 136 Å². The fraction of sp³-hybridized carbons (Fsp3) is 0.111. The summed E-state index contributed by atoms with van der Waals surface area (Å²) in [4.78, 5) is 12.8. The molecule has 0 fully saturated rings. The van der Waals surface area contributed by atoms with Gasteiger partial charge in [-0.25, -0.2) is 9.97 Å². The Morgan fingerprint density at radius 2 is 1.31 bits per heavy atom. The van der Waals surface area contributed by atoms with Gasteiger partial charge in [0, 0.05) is 34.2 Å². The van der Waals surface area contributed by atoms with Crippen molar-refractivity contribution in [1.82, 2.24) is 14.5 Å². The van der Waals surface area contributed by atoms with Crippen molar-refractivity contribution in [2.45, 2.75) is 38.1 Å². The van der Waals surface area contributed by atoms with E-state index in [1.807, 2.05) is 12.4 Å². The SMILES string of the molecule is CC(C)(C)c1cc(Oc2ccc3c(c2)N(c2nc4ccc5ccc6ccccc6c5c4c4c2ccc2ccccc24)C2C=CC=CC32)cc(-n2cnc3ccccc32)c1. The third kappa shape index (κ3) is 5.24. The molecule has 0 bridgehead atoms. The number of hydrogen-bond donors (Lipinski definition) is 0. The monoisotopic (exact) mass is 760 g/mol. The zero-order chi connectivity index (χ0) is 39.4. The molecule has 0 amide bonds. The van der Waals surface area contributed by atoms with Crippen LogP contribution in [0.3, 0.4) is 0 Å². The second-order valence-corrected chi connectivity index (χ2v) is 17.0. The number of nitrogens with zero attached hydrogens (tertiary/aromatic N) is 4. The van der Waals surface area contributed by atoms with E-state index in [1.54, 1.807) is 0 Å². The van der Waals surface area contributed by atoms with Gasteiger partial charge in [0.2, 0.25) is 0 Å². The van der Waals surface area contributed by atoms with Crippen LogP contribution in [0.4, 0.5) is 11.5 Å². The first kappa shape index (κ1) is 33.9. The van der Waals surface area contributed by atoms with Crippen molar-refractivity contribution in [3.63, 3.8) is 0 Å². The molecule has 5 nitrogen and oxygen atoms in total. The molecule has 2 unspecified atom stereocenters. The van der Waals surface area contributed by atoms with Gasteiger partial charge in [-0.05, 0) is 91.3 Å². The van der Waals surface area contributed by atoms with Crippen LogP contribution in [0.15, 0.2) is 176 Å². The average molecular weight is 761 g/mol. The summed E-state index contributed by atoms with van der Waals surface area (Å²) < 4.78 is 9.07. The van der Waals surface area contributed by atoms with Gasteiger partial charge in [0.05, 0.1) is 34.0 Å². The highest BCUT2D eigenvalue weighted by molar-refractivity contribution is 6.32. The molecule has 0 N–H and O–H groups in total. The maximum atomic E-state index is 6.92. The molecule has 0 radical (unpaired) electrons. The summed E-state index contributed by atoms with van der Waals surface area (Å²) in [5.41, 5.74) is 7.48. The van der Waals surface area contributed by atoms with Crippen LogP contribution in [0, 0.1) is 0 Å². The molecule has 2 aromatic heterocycles. The predicted octanol–water partition coefficient (Wildman–Crippen LogP) is 14.0. The molecule has 0 spiro atoms. The van der Waals surface area contributed by atoms with E-state index < -0.39 is 0 Å². The lowest BCUT2D eigenvalue weighted by atomic mass is 9.86. The van der Waals surface area contributed by atoms with E-state index in [1.165, 1.54) is 54.2 Å². The Morgan fingerprint density at radius 3 is 2.15 bits per heavy atom. The summed E-state index contributed by atoms with van der Waals surface area (Å²) in [6.07, 6.45) is 10.9. The Balaban J connectivity index is 1.07. The van der Waals surface area contributed by atoms with Crippen molar-refractivity contribution >= 4 is 76.5 Å². The zero-order valence-electron chi connectivity index (χ0n) is 33.1. The van der Waals surface area contributed by atoms with Crippen LogP contribution < -0.4 is 9.64 Å². The first-order valence-corrected chi connectivity index (χ1v) is 20.5. The van der Waals surface area contributed by atoms with Gasteiger partial charge in [-0.15, -0.1) is 0 Å². The number of aromatic nitrogens is 3. The summed E-state index contributed by atoms with van der Waals surface area (Å²) in [6, 6.07) is 52.4. The molecule has 12 rings (SSSR count). The smallest absolute Gasteiger partial charge is 0.142 e. The van der Waals surface area contributed by atoms with Crippen molar-refractivity contribution in [2.75, 3.05) is 4.90 Å². The molecular formula is C54H40N4O. The molecule has 2 aliphatic rings. The molecule has 2 atom stereocenters. The van der Waals surface area contributed by atoms with Gasteiger partial charge in [0.25, 0.3) is 0 Å². The Hall–Kier alpha value is -7.24. The first-order valence-electron chi connectivity index (χ1n) is 20.5. The van der Waals surface area contributed by atoms with Crippen molar-refractivity contribution in [1.29, 1.82) is 0 Å². The Bertz CT molecular complexity index is 3440. The third-order valence-electron chi connectivity index (χ3n) is 12.5. The maximum absolute atomic E-state index is 6.92. The van der Waals surface area contributed by atoms with Crippen molar-refractivity contribution < 1.29 is 4.74 Å². The van der Waals surface area contributed by atoms with Crippen LogP contribution in [0.25, 0.3) is 70.7 Å². The molecule has 59 heavy (non-hydrogen) atoms. The van der Waals surface area contributed by atoms with Crippen LogP contribution in [-0.2, 0) is 5.41 Å². The summed E-state index contributed by atoms with van der Waals surface area (Å²) >= 11 is 0. The standard InChI is InChI=1S/C54H40N4O/c1-54(2,3)36-28-37(57-32-55-45-17-9-11-19-48(45)57)30-39(29-36)59-38-24-26-43-42-16-8-10-18-47(42)58(49(43)31-38)53-44-25-22-34-13-5-7-15-41(34)51(44)52-46(56-53)27-23-35-21-20-33-12-4-6-14-40(33)50(35)52/h4-32,42,47H,1-3H3. The second kappa shape index (κ2) is 12.6. The number of hydrogen-bond acceptors (Lipinski definition) is 4. The van der Waals surface area contributed by atoms with Crippen LogP contribution >= 0.6 is 0 Å². The Labute approximate surface area is 342 Å². The van der Waals surface area contributed by atoms with E-state index >= 15 is 0 Å². The van der Waals surface area contributed by atoms with Crippen LogP contribution in [0.2, 0.25) is 0 Å². The van der Waals surface area contributed by atoms with E-state index in [-0.39, 0.29) is 17.4 Å². The second-order valence-electron chi connectivity index (χ2n) is 17.0. The molecule has 1 aliphatic carbocycles. The maximum Gasteiger partial charge on any atom is 0.142 e. The summed E-state index contributed by atoms with van der Waals surface area (Å²) in [5.74, 6) is 2.68. The number of benzene rings is 8. The number of allylic oxidation sites excluding steroid dienone is 2. The Kier molecular flexibility index (Phi) is 7.25. The number of anilines is 2. The molecule has 8 aromatic carbocycles. The van der Waals surface area contributed by atoms with Crippen LogP contribution in [-0.4, -0.2) is 20.6 Å². The number of fused-ring (bicyclic) bond motifs is 13. The number of pyridine rings is 1. The molecule has 1 aliphatic heterocycles. The highest BCUT2D eigenvalue weighted by Gasteiger charge is 2.39. The molecule has 3 heterocycles. The fourth-order valence-electron chi connectivity index (χ4n) is 9.66. The number of imidazole rings is 1. The zero-order valence-corrected chi connectivity index (χ0v) is 33.1. The molecule has 0 saturated carbocycles. The topological polar surface area (TPSA) is 43.2 Å². The minimum Gasteiger partial charge on any atom is -0.457 e. The van der Waals surface area contributed by atoms with Gasteiger partial charge in [-0.2, -0.15) is 0 Å². The average Bonchev–Trinajstić information content (AvgIpc) is 3.84. The molecule has 0 saturated heterocycles. The van der Waals surface area contributed by atoms with Gasteiger partial charge >= 0.3 is 0 Å². The number of ether oxygens (including phenoxy) is 1. The van der Waals surface area contributed by atoms with E-state index in [0.717, 1.165) is 50.6 Å². The van der Waals surface area contributed by atoms with E-state index in [0.29, 0.717) is 0 Å². The lowest BCUT2D eigenvalue weighted by molar-refractivity contribution is 0.478. The largest absolute Gasteiger partial charge is 0.457 e. The molecule has 5 heteroatoms. The third-order valence-corrected chi connectivity index (χ3v) is 12.5. The summed E-state index contributed by atoms with van der Waals surface area (Å²) in [5, 5.41) is 10.9. The lowest BCUT2D eigenvalue weighted by Crippen LogP contribution is -2.29. The fourth-order valence-corrected chi connectivity index (χ4v) is 9.66. The lowest BCUT2D eigenvalue weighted by Gasteiger charge is -2.29. The number of rotatable bonds is 4. The molecule has 282 valence electrons. The quantitative estimate of drug-likeness (QED) is 0.168. The van der Waals surface area contributed by atoms with Crippen molar-refractivity contribution in [3.8, 4) is 17.2 Å². The number of para-hydroxylation sites is 2. The van der Waals surface area contributed by atoms with E-state index in [2.05, 4.69) is 194 Å². The van der Waals surface area contributed by atoms with Gasteiger partial charge < -0.3 is 9.64 Å². The minimum absolute atomic E-state index is 0.0523. The Morgan fingerprint density at radius 1 is 0.576 bits per heavy atom. The van der Waals surface area contributed by atoms with Crippen LogP contribution in [0.1, 0.15) is 37.8 Å². The van der Waals surface area contributed by atoms with E-state index in [9.17, 15) is 0 Å². The van der Waals surface area contributed by atoms with Crippen LogP contribution in [0.5, 0.6) is 11.5 Å². The van der Waals surface area contributed by atoms with Gasteiger partial charge in [0.1, 0.15) is 23.6 Å². The summed E-state index contributed by atoms with van der Waals surface area (Å²) in [6.45, 7) is 6.73. The first-order chi connectivity index (χ1) is 28.9. The van der Waals surface area contributed by atoms with Crippen molar-refractivity contribution in [2.24, 2.45) is 0 Å². The normalized spacial score (nSPS) is 16.2. The molecule has 10 aromatic rings. The minimum atomic E-state index is -0.0990.